The Morgan fingerprint density at radius 3 is 2.64 bits per heavy atom. The SMILES string of the molecule is N#Cc1cnn2c1N[C@@H](c1ccc3ccccc3c1)C[C@H]2C(F)(F)F. The van der Waals surface area contributed by atoms with Crippen LogP contribution in [-0.2, 0) is 0 Å². The average molecular weight is 342 g/mol. The standard InChI is InChI=1S/C18H13F3N4/c19-18(20,21)16-8-15(24-17-14(9-22)10-23-25(16)17)13-6-5-11-3-1-2-4-12(11)7-13/h1-7,10,15-16,24H,8H2/t15-,16+/m1/s1. The van der Waals surface area contributed by atoms with Gasteiger partial charge in [0.2, 0.25) is 0 Å². The number of rotatable bonds is 1. The minimum atomic E-state index is -4.44. The molecule has 0 saturated heterocycles. The van der Waals surface area contributed by atoms with Gasteiger partial charge in [-0.15, -0.1) is 0 Å². The monoisotopic (exact) mass is 342 g/mol. The van der Waals surface area contributed by atoms with E-state index in [0.29, 0.717) is 0 Å². The summed E-state index contributed by atoms with van der Waals surface area (Å²) in [5, 5.41) is 18.0. The van der Waals surface area contributed by atoms with Gasteiger partial charge in [0.25, 0.3) is 0 Å². The van der Waals surface area contributed by atoms with Crippen LogP contribution in [-0.4, -0.2) is 16.0 Å². The van der Waals surface area contributed by atoms with Gasteiger partial charge in [-0.1, -0.05) is 36.4 Å². The molecule has 0 fully saturated rings. The van der Waals surface area contributed by atoms with E-state index in [0.717, 1.165) is 21.0 Å². The van der Waals surface area contributed by atoms with Gasteiger partial charge in [-0.05, 0) is 22.4 Å². The predicted octanol–water partition coefficient (Wildman–Crippen LogP) is 4.57. The summed E-state index contributed by atoms with van der Waals surface area (Å²) in [6, 6.07) is 12.9. The lowest BCUT2D eigenvalue weighted by atomic mass is 9.94. The molecule has 25 heavy (non-hydrogen) atoms. The minimum absolute atomic E-state index is 0.111. The van der Waals surface area contributed by atoms with Crippen molar-refractivity contribution in [2.45, 2.75) is 24.7 Å². The molecule has 0 spiro atoms. The molecule has 1 aliphatic heterocycles. The quantitative estimate of drug-likeness (QED) is 0.705. The fourth-order valence-corrected chi connectivity index (χ4v) is 3.29. The Morgan fingerprint density at radius 1 is 1.16 bits per heavy atom. The van der Waals surface area contributed by atoms with Gasteiger partial charge >= 0.3 is 6.18 Å². The molecule has 2 aromatic carbocycles. The highest BCUT2D eigenvalue weighted by molar-refractivity contribution is 5.83. The summed E-state index contributed by atoms with van der Waals surface area (Å²) >= 11 is 0. The van der Waals surface area contributed by atoms with Gasteiger partial charge in [0.15, 0.2) is 6.04 Å². The molecule has 2 heterocycles. The second-order valence-corrected chi connectivity index (χ2v) is 6.06. The van der Waals surface area contributed by atoms with Gasteiger partial charge in [0.05, 0.1) is 12.2 Å². The Bertz CT molecular complexity index is 984. The fraction of sp³-hybridized carbons (Fsp3) is 0.222. The molecule has 4 rings (SSSR count). The summed E-state index contributed by atoms with van der Waals surface area (Å²) in [6.45, 7) is 0. The van der Waals surface area contributed by atoms with Crippen molar-refractivity contribution in [2.24, 2.45) is 0 Å². The lowest BCUT2D eigenvalue weighted by Gasteiger charge is -2.33. The van der Waals surface area contributed by atoms with Crippen molar-refractivity contribution in [1.29, 1.82) is 5.26 Å². The summed E-state index contributed by atoms with van der Waals surface area (Å²) < 4.78 is 41.4. The van der Waals surface area contributed by atoms with E-state index in [-0.39, 0.29) is 17.8 Å². The van der Waals surface area contributed by atoms with E-state index in [1.54, 1.807) is 0 Å². The van der Waals surface area contributed by atoms with Crippen LogP contribution in [0, 0.1) is 11.3 Å². The van der Waals surface area contributed by atoms with Gasteiger partial charge in [0.1, 0.15) is 17.5 Å². The zero-order valence-corrected chi connectivity index (χ0v) is 13.0. The maximum atomic E-state index is 13.5. The summed E-state index contributed by atoms with van der Waals surface area (Å²) in [5.74, 6) is 0.120. The normalized spacial score (nSPS) is 19.9. The number of nitriles is 1. The van der Waals surface area contributed by atoms with E-state index in [9.17, 15) is 13.2 Å². The number of hydrogen-bond donors (Lipinski definition) is 1. The van der Waals surface area contributed by atoms with Crippen LogP contribution in [0.25, 0.3) is 10.8 Å². The molecule has 7 heteroatoms. The van der Waals surface area contributed by atoms with Crippen LogP contribution in [0.15, 0.2) is 48.7 Å². The number of anilines is 1. The van der Waals surface area contributed by atoms with Crippen molar-refractivity contribution in [3.8, 4) is 6.07 Å². The number of benzene rings is 2. The number of alkyl halides is 3. The molecule has 0 amide bonds. The van der Waals surface area contributed by atoms with Crippen LogP contribution in [0.1, 0.15) is 29.6 Å². The molecule has 4 nitrogen and oxygen atoms in total. The second kappa shape index (κ2) is 5.52. The zero-order valence-electron chi connectivity index (χ0n) is 13.0. The maximum Gasteiger partial charge on any atom is 0.410 e. The minimum Gasteiger partial charge on any atom is -0.362 e. The molecule has 1 N–H and O–H groups in total. The summed E-state index contributed by atoms with van der Waals surface area (Å²) in [4.78, 5) is 0. The van der Waals surface area contributed by atoms with E-state index in [4.69, 9.17) is 5.26 Å². The highest BCUT2D eigenvalue weighted by Crippen LogP contribution is 2.44. The van der Waals surface area contributed by atoms with Crippen molar-refractivity contribution in [3.05, 3.63) is 59.8 Å². The second-order valence-electron chi connectivity index (χ2n) is 6.06. The first-order valence-corrected chi connectivity index (χ1v) is 7.77. The molecule has 0 aliphatic carbocycles. The first-order valence-electron chi connectivity index (χ1n) is 7.77. The molecular weight excluding hydrogens is 329 g/mol. The number of halogens is 3. The molecule has 3 aromatic rings. The highest BCUT2D eigenvalue weighted by atomic mass is 19.4. The van der Waals surface area contributed by atoms with Crippen LogP contribution >= 0.6 is 0 Å². The zero-order chi connectivity index (χ0) is 17.6. The summed E-state index contributed by atoms with van der Waals surface area (Å²) in [6.07, 6.45) is -3.45. The van der Waals surface area contributed by atoms with E-state index in [1.807, 2.05) is 48.5 Å². The Hall–Kier alpha value is -3.01. The maximum absolute atomic E-state index is 13.5. The molecule has 126 valence electrons. The van der Waals surface area contributed by atoms with E-state index in [2.05, 4.69) is 10.4 Å². The van der Waals surface area contributed by atoms with E-state index < -0.39 is 18.3 Å². The lowest BCUT2D eigenvalue weighted by molar-refractivity contribution is -0.173. The number of nitrogens with zero attached hydrogens (tertiary/aromatic N) is 3. The Morgan fingerprint density at radius 2 is 1.92 bits per heavy atom. The average Bonchev–Trinajstić information content (AvgIpc) is 3.02. The van der Waals surface area contributed by atoms with Crippen LogP contribution in [0.5, 0.6) is 0 Å². The third-order valence-corrected chi connectivity index (χ3v) is 4.53. The van der Waals surface area contributed by atoms with E-state index >= 15 is 0 Å². The van der Waals surface area contributed by atoms with Gasteiger partial charge in [-0.2, -0.15) is 23.5 Å². The number of nitrogens with one attached hydrogen (secondary N) is 1. The lowest BCUT2D eigenvalue weighted by Crippen LogP contribution is -2.35. The Kier molecular flexibility index (Phi) is 3.42. The third-order valence-electron chi connectivity index (χ3n) is 4.53. The first-order chi connectivity index (χ1) is 12.0. The van der Waals surface area contributed by atoms with Gasteiger partial charge in [0, 0.05) is 6.42 Å². The van der Waals surface area contributed by atoms with Crippen molar-refractivity contribution in [2.75, 3.05) is 5.32 Å². The number of aromatic nitrogens is 2. The topological polar surface area (TPSA) is 53.6 Å². The first kappa shape index (κ1) is 15.5. The Labute approximate surface area is 141 Å². The van der Waals surface area contributed by atoms with Gasteiger partial charge in [-0.3, -0.25) is 0 Å². The van der Waals surface area contributed by atoms with Gasteiger partial charge < -0.3 is 5.32 Å². The van der Waals surface area contributed by atoms with Crippen LogP contribution < -0.4 is 5.32 Å². The molecule has 0 bridgehead atoms. The fourth-order valence-electron chi connectivity index (χ4n) is 3.29. The number of fused-ring (bicyclic) bond motifs is 2. The van der Waals surface area contributed by atoms with Crippen molar-refractivity contribution in [1.82, 2.24) is 9.78 Å². The highest BCUT2D eigenvalue weighted by Gasteiger charge is 2.46. The third kappa shape index (κ3) is 2.60. The predicted molar refractivity (Wildman–Crippen MR) is 87.0 cm³/mol. The Balaban J connectivity index is 1.79. The van der Waals surface area contributed by atoms with Crippen molar-refractivity contribution in [3.63, 3.8) is 0 Å². The van der Waals surface area contributed by atoms with Gasteiger partial charge in [-0.25, -0.2) is 4.68 Å². The molecule has 1 aliphatic rings. The summed E-state index contributed by atoms with van der Waals surface area (Å²) in [7, 11) is 0. The molecule has 0 saturated carbocycles. The molecular formula is C18H13F3N4. The molecule has 0 unspecified atom stereocenters. The van der Waals surface area contributed by atoms with Crippen LogP contribution in [0.3, 0.4) is 0 Å². The molecule has 0 radical (unpaired) electrons. The van der Waals surface area contributed by atoms with Crippen LogP contribution in [0.4, 0.5) is 19.0 Å². The smallest absolute Gasteiger partial charge is 0.362 e. The summed E-state index contributed by atoms with van der Waals surface area (Å²) in [5.41, 5.74) is 0.865. The van der Waals surface area contributed by atoms with E-state index in [1.165, 1.54) is 6.20 Å². The van der Waals surface area contributed by atoms with Crippen molar-refractivity contribution < 1.29 is 13.2 Å². The van der Waals surface area contributed by atoms with Crippen LogP contribution in [0.2, 0.25) is 0 Å². The molecule has 1 aromatic heterocycles. The largest absolute Gasteiger partial charge is 0.410 e. The molecule has 2 atom stereocenters. The number of hydrogen-bond acceptors (Lipinski definition) is 3. The van der Waals surface area contributed by atoms with Crippen molar-refractivity contribution >= 4 is 16.6 Å².